The first-order valence-corrected chi connectivity index (χ1v) is 7.07. The summed E-state index contributed by atoms with van der Waals surface area (Å²) in [7, 11) is 1.61. The molecule has 0 aliphatic rings. The predicted octanol–water partition coefficient (Wildman–Crippen LogP) is 3.78. The summed E-state index contributed by atoms with van der Waals surface area (Å²) in [6.45, 7) is 2.01. The number of H-pyrrole nitrogens is 1. The number of fused-ring (bicyclic) bond motifs is 1. The van der Waals surface area contributed by atoms with Crippen LogP contribution in [0.2, 0.25) is 0 Å². The summed E-state index contributed by atoms with van der Waals surface area (Å²) in [4.78, 5) is 14.7. The number of aromatic amines is 1. The number of ether oxygens (including phenoxy) is 1. The van der Waals surface area contributed by atoms with E-state index < -0.39 is 5.97 Å². The first-order valence-electron chi connectivity index (χ1n) is 7.07. The quantitative estimate of drug-likeness (QED) is 0.770. The first-order chi connectivity index (χ1) is 10.6. The molecule has 3 aromatic rings. The number of hydrogen-bond donors (Lipinski definition) is 2. The average molecular weight is 295 g/mol. The van der Waals surface area contributed by atoms with E-state index in [1.807, 2.05) is 49.4 Å². The molecule has 0 fully saturated rings. The molecule has 3 rings (SSSR count). The van der Waals surface area contributed by atoms with E-state index in [1.165, 1.54) is 0 Å². The fraction of sp³-hybridized carbons (Fsp3) is 0.167. The molecule has 0 aliphatic carbocycles. The van der Waals surface area contributed by atoms with Gasteiger partial charge in [0.05, 0.1) is 19.2 Å². The Labute approximate surface area is 128 Å². The second kappa shape index (κ2) is 5.56. The van der Waals surface area contributed by atoms with E-state index in [2.05, 4.69) is 4.98 Å². The van der Waals surface area contributed by atoms with E-state index in [0.29, 0.717) is 0 Å². The van der Waals surface area contributed by atoms with Crippen molar-refractivity contribution in [3.63, 3.8) is 0 Å². The molecule has 0 radical (unpaired) electrons. The molecule has 2 N–H and O–H groups in total. The molecule has 0 saturated carbocycles. The number of carbonyl (C=O) groups is 1. The van der Waals surface area contributed by atoms with Crippen molar-refractivity contribution in [3.05, 3.63) is 53.6 Å². The van der Waals surface area contributed by atoms with Crippen LogP contribution in [0.25, 0.3) is 22.2 Å². The van der Waals surface area contributed by atoms with Gasteiger partial charge >= 0.3 is 5.97 Å². The van der Waals surface area contributed by atoms with Crippen LogP contribution in [0.5, 0.6) is 5.75 Å². The molecular weight excluding hydrogens is 278 g/mol. The molecule has 0 spiro atoms. The molecule has 0 bridgehead atoms. The Morgan fingerprint density at radius 2 is 1.95 bits per heavy atom. The van der Waals surface area contributed by atoms with Crippen molar-refractivity contribution in [2.24, 2.45) is 0 Å². The minimum Gasteiger partial charge on any atom is -0.496 e. The number of aromatic nitrogens is 1. The Kier molecular flexibility index (Phi) is 3.59. The third kappa shape index (κ3) is 2.33. The zero-order valence-corrected chi connectivity index (χ0v) is 12.5. The lowest BCUT2D eigenvalue weighted by Gasteiger charge is -2.08. The highest BCUT2D eigenvalue weighted by Crippen LogP contribution is 2.36. The van der Waals surface area contributed by atoms with Gasteiger partial charge in [0.15, 0.2) is 0 Å². The van der Waals surface area contributed by atoms with Gasteiger partial charge in [-0.3, -0.25) is 4.79 Å². The van der Waals surface area contributed by atoms with Gasteiger partial charge in [-0.1, -0.05) is 30.3 Å². The van der Waals surface area contributed by atoms with Crippen LogP contribution < -0.4 is 4.74 Å². The summed E-state index contributed by atoms with van der Waals surface area (Å²) < 4.78 is 5.42. The van der Waals surface area contributed by atoms with Crippen molar-refractivity contribution >= 4 is 16.9 Å². The van der Waals surface area contributed by atoms with Gasteiger partial charge in [-0.15, -0.1) is 0 Å². The lowest BCUT2D eigenvalue weighted by atomic mass is 10.0. The number of para-hydroxylation sites is 2. The molecule has 4 nitrogen and oxygen atoms in total. The second-order valence-corrected chi connectivity index (χ2v) is 5.25. The van der Waals surface area contributed by atoms with E-state index in [-0.39, 0.29) is 6.42 Å². The minimum absolute atomic E-state index is 0.0309. The van der Waals surface area contributed by atoms with Crippen LogP contribution in [0.3, 0.4) is 0 Å². The van der Waals surface area contributed by atoms with Crippen LogP contribution in [-0.4, -0.2) is 23.2 Å². The van der Waals surface area contributed by atoms with Crippen LogP contribution in [0, 0.1) is 6.92 Å². The minimum atomic E-state index is -0.849. The highest BCUT2D eigenvalue weighted by molar-refractivity contribution is 5.96. The molecule has 1 heterocycles. The van der Waals surface area contributed by atoms with Gasteiger partial charge in [0.1, 0.15) is 5.75 Å². The van der Waals surface area contributed by atoms with Gasteiger partial charge < -0.3 is 14.8 Å². The number of aryl methyl sites for hydroxylation is 1. The lowest BCUT2D eigenvalue weighted by molar-refractivity contribution is -0.136. The Hall–Kier alpha value is -2.75. The molecule has 0 atom stereocenters. The molecule has 0 unspecified atom stereocenters. The maximum atomic E-state index is 11.3. The molecule has 4 heteroatoms. The topological polar surface area (TPSA) is 62.3 Å². The normalized spacial score (nSPS) is 10.8. The second-order valence-electron chi connectivity index (χ2n) is 5.25. The van der Waals surface area contributed by atoms with Gasteiger partial charge in [0, 0.05) is 16.5 Å². The summed E-state index contributed by atoms with van der Waals surface area (Å²) in [5, 5.41) is 10.2. The summed E-state index contributed by atoms with van der Waals surface area (Å²) in [6.07, 6.45) is -0.0309. The summed E-state index contributed by atoms with van der Waals surface area (Å²) >= 11 is 0. The van der Waals surface area contributed by atoms with Crippen molar-refractivity contribution in [1.82, 2.24) is 4.98 Å². The van der Waals surface area contributed by atoms with Crippen LogP contribution >= 0.6 is 0 Å². The van der Waals surface area contributed by atoms with Crippen molar-refractivity contribution in [3.8, 4) is 17.0 Å². The average Bonchev–Trinajstić information content (AvgIpc) is 2.87. The largest absolute Gasteiger partial charge is 0.496 e. The van der Waals surface area contributed by atoms with Gasteiger partial charge in [-0.05, 0) is 30.2 Å². The van der Waals surface area contributed by atoms with Gasteiger partial charge in [0.25, 0.3) is 0 Å². The molecule has 0 aliphatic heterocycles. The Bertz CT molecular complexity index is 849. The molecule has 22 heavy (non-hydrogen) atoms. The molecule has 0 saturated heterocycles. The van der Waals surface area contributed by atoms with E-state index in [4.69, 9.17) is 4.74 Å². The standard InChI is InChI=1S/C18H17NO3/c1-11-6-5-8-12-14(10-16(20)21)18(19-17(11)12)13-7-3-4-9-15(13)22-2/h3-9,19H,10H2,1-2H3,(H,20,21). The SMILES string of the molecule is COc1ccccc1-c1[nH]c2c(C)cccc2c1CC(=O)O. The van der Waals surface area contributed by atoms with Gasteiger partial charge in [0.2, 0.25) is 0 Å². The summed E-state index contributed by atoms with van der Waals surface area (Å²) in [5.74, 6) is -0.128. The van der Waals surface area contributed by atoms with Crippen LogP contribution in [0.15, 0.2) is 42.5 Å². The number of carboxylic acids is 1. The third-order valence-corrected chi connectivity index (χ3v) is 3.85. The van der Waals surface area contributed by atoms with E-state index >= 15 is 0 Å². The zero-order chi connectivity index (χ0) is 15.7. The maximum absolute atomic E-state index is 11.3. The van der Waals surface area contributed by atoms with Gasteiger partial charge in [-0.2, -0.15) is 0 Å². The maximum Gasteiger partial charge on any atom is 0.307 e. The number of carboxylic acid groups (broad SMARTS) is 1. The fourth-order valence-electron chi connectivity index (χ4n) is 2.84. The van der Waals surface area contributed by atoms with Gasteiger partial charge in [-0.25, -0.2) is 0 Å². The van der Waals surface area contributed by atoms with Crippen molar-refractivity contribution in [1.29, 1.82) is 0 Å². The molecule has 0 amide bonds. The number of methoxy groups -OCH3 is 1. The zero-order valence-electron chi connectivity index (χ0n) is 12.5. The van der Waals surface area contributed by atoms with Crippen LogP contribution in [0.1, 0.15) is 11.1 Å². The lowest BCUT2D eigenvalue weighted by Crippen LogP contribution is -2.01. The van der Waals surface area contributed by atoms with E-state index in [0.717, 1.165) is 39.0 Å². The third-order valence-electron chi connectivity index (χ3n) is 3.85. The van der Waals surface area contributed by atoms with Crippen molar-refractivity contribution < 1.29 is 14.6 Å². The van der Waals surface area contributed by atoms with E-state index in [9.17, 15) is 9.90 Å². The molecule has 1 aromatic heterocycles. The Morgan fingerprint density at radius 1 is 1.18 bits per heavy atom. The predicted molar refractivity (Wildman–Crippen MR) is 86.4 cm³/mol. The number of benzene rings is 2. The smallest absolute Gasteiger partial charge is 0.307 e. The Morgan fingerprint density at radius 3 is 2.68 bits per heavy atom. The molecule has 2 aromatic carbocycles. The number of aliphatic carboxylic acids is 1. The van der Waals surface area contributed by atoms with Crippen LogP contribution in [-0.2, 0) is 11.2 Å². The van der Waals surface area contributed by atoms with E-state index in [1.54, 1.807) is 7.11 Å². The summed E-state index contributed by atoms with van der Waals surface area (Å²) in [5.41, 5.74) is 4.53. The number of hydrogen-bond acceptors (Lipinski definition) is 2. The Balaban J connectivity index is 2.32. The van der Waals surface area contributed by atoms with Crippen LogP contribution in [0.4, 0.5) is 0 Å². The fourth-order valence-corrected chi connectivity index (χ4v) is 2.84. The highest BCUT2D eigenvalue weighted by Gasteiger charge is 2.18. The number of nitrogens with one attached hydrogen (secondary N) is 1. The molecule has 112 valence electrons. The summed E-state index contributed by atoms with van der Waals surface area (Å²) in [6, 6.07) is 13.5. The number of rotatable bonds is 4. The van der Waals surface area contributed by atoms with Crippen molar-refractivity contribution in [2.45, 2.75) is 13.3 Å². The monoisotopic (exact) mass is 295 g/mol. The van der Waals surface area contributed by atoms with Crippen molar-refractivity contribution in [2.75, 3.05) is 7.11 Å². The first kappa shape index (κ1) is 14.2. The molecular formula is C18H17NO3. The highest BCUT2D eigenvalue weighted by atomic mass is 16.5.